The van der Waals surface area contributed by atoms with Crippen LogP contribution < -0.4 is 20.6 Å². The van der Waals surface area contributed by atoms with Crippen molar-refractivity contribution in [2.45, 2.75) is 51.1 Å². The zero-order chi connectivity index (χ0) is 30.7. The fourth-order valence-electron chi connectivity index (χ4n) is 5.84. The Bertz CT molecular complexity index is 1450. The smallest absolute Gasteiger partial charge is 0.416 e. The molecule has 5 rings (SSSR count). The van der Waals surface area contributed by atoms with Crippen LogP contribution in [0.3, 0.4) is 0 Å². The van der Waals surface area contributed by atoms with Crippen LogP contribution in [0.1, 0.15) is 36.5 Å². The topological polar surface area (TPSA) is 60.1 Å². The Morgan fingerprint density at radius 3 is 2.37 bits per heavy atom. The van der Waals surface area contributed by atoms with E-state index in [1.165, 1.54) is 11.6 Å². The molecule has 43 heavy (non-hydrogen) atoms. The molecule has 3 atom stereocenters. The summed E-state index contributed by atoms with van der Waals surface area (Å²) in [5.74, 6) is 0.177. The van der Waals surface area contributed by atoms with Gasteiger partial charge in [-0.1, -0.05) is 42.5 Å². The van der Waals surface area contributed by atoms with Crippen LogP contribution in [0.2, 0.25) is 0 Å². The van der Waals surface area contributed by atoms with E-state index in [-0.39, 0.29) is 34.9 Å². The molecule has 1 fully saturated rings. The summed E-state index contributed by atoms with van der Waals surface area (Å²) in [6.45, 7) is 3.04. The molecule has 1 amide bonds. The number of halogens is 4. The second-order valence-electron chi connectivity index (χ2n) is 11.1. The van der Waals surface area contributed by atoms with Crippen molar-refractivity contribution in [3.8, 4) is 5.75 Å². The molecule has 0 spiro atoms. The van der Waals surface area contributed by atoms with Crippen LogP contribution in [0, 0.1) is 5.92 Å². The third kappa shape index (κ3) is 7.17. The van der Waals surface area contributed by atoms with Gasteiger partial charge in [-0.15, -0.1) is 5.53 Å². The molecule has 228 valence electrons. The zero-order valence-electron chi connectivity index (χ0n) is 24.2. The molecule has 0 saturated carbocycles. The third-order valence-corrected chi connectivity index (χ3v) is 8.69. The molecule has 0 bridgehead atoms. The summed E-state index contributed by atoms with van der Waals surface area (Å²) in [5, 5.41) is 1.83. The normalized spacial score (nSPS) is 20.9. The van der Waals surface area contributed by atoms with Crippen LogP contribution in [0.25, 0.3) is 0 Å². The van der Waals surface area contributed by atoms with E-state index in [1.54, 1.807) is 12.0 Å². The summed E-state index contributed by atoms with van der Waals surface area (Å²) < 4.78 is 45.9. The summed E-state index contributed by atoms with van der Waals surface area (Å²) in [4.78, 5) is 18.5. The number of rotatable bonds is 8. The van der Waals surface area contributed by atoms with Gasteiger partial charge in [0.15, 0.2) is 0 Å². The average molecular weight is 659 g/mol. The zero-order valence-corrected chi connectivity index (χ0v) is 25.8. The van der Waals surface area contributed by atoms with E-state index in [9.17, 15) is 18.0 Å². The minimum atomic E-state index is -4.50. The molecule has 2 aliphatic heterocycles. The molecule has 3 aromatic rings. The number of nitrogens with one attached hydrogen (secondary N) is 2. The molecule has 1 saturated heterocycles. The summed E-state index contributed by atoms with van der Waals surface area (Å²) in [5.41, 5.74) is 8.93. The van der Waals surface area contributed by atoms with Crippen molar-refractivity contribution in [2.75, 3.05) is 19.1 Å². The highest BCUT2D eigenvalue weighted by molar-refractivity contribution is 9.10. The van der Waals surface area contributed by atoms with E-state index in [0.717, 1.165) is 29.9 Å². The summed E-state index contributed by atoms with van der Waals surface area (Å²) in [6, 6.07) is 21.0. The van der Waals surface area contributed by atoms with E-state index in [2.05, 4.69) is 50.8 Å². The Hall–Kier alpha value is -3.54. The number of hydrogen-bond acceptors (Lipinski definition) is 6. The first-order valence-electron chi connectivity index (χ1n) is 14.1. The maximum absolute atomic E-state index is 14.5. The van der Waals surface area contributed by atoms with Crippen molar-refractivity contribution in [3.05, 3.63) is 106 Å². The number of anilines is 1. The highest BCUT2D eigenvalue weighted by atomic mass is 79.9. The van der Waals surface area contributed by atoms with Crippen LogP contribution >= 0.6 is 15.9 Å². The van der Waals surface area contributed by atoms with Crippen LogP contribution in [0.15, 0.2) is 89.2 Å². The van der Waals surface area contributed by atoms with Gasteiger partial charge in [-0.25, -0.2) is 0 Å². The van der Waals surface area contributed by atoms with Gasteiger partial charge in [0.25, 0.3) is 0 Å². The van der Waals surface area contributed by atoms with E-state index < -0.39 is 11.7 Å². The minimum absolute atomic E-state index is 0.0559. The van der Waals surface area contributed by atoms with Crippen LogP contribution in [-0.2, 0) is 24.1 Å². The summed E-state index contributed by atoms with van der Waals surface area (Å²) in [7, 11) is 3.48. The molecule has 0 unspecified atom stereocenters. The van der Waals surface area contributed by atoms with E-state index in [0.29, 0.717) is 24.3 Å². The molecule has 0 aliphatic carbocycles. The van der Waals surface area contributed by atoms with Gasteiger partial charge in [-0.3, -0.25) is 14.7 Å². The lowest BCUT2D eigenvalue weighted by Crippen LogP contribution is -2.53. The van der Waals surface area contributed by atoms with Crippen LogP contribution in [0.5, 0.6) is 5.75 Å². The first-order valence-corrected chi connectivity index (χ1v) is 14.9. The number of benzene rings is 3. The van der Waals surface area contributed by atoms with Crippen LogP contribution in [-0.4, -0.2) is 42.1 Å². The number of piperidine rings is 1. The monoisotopic (exact) mass is 657 g/mol. The molecule has 3 aromatic carbocycles. The predicted octanol–water partition coefficient (Wildman–Crippen LogP) is 6.48. The Morgan fingerprint density at radius 1 is 1.05 bits per heavy atom. The van der Waals surface area contributed by atoms with Gasteiger partial charge in [-0.2, -0.15) is 13.2 Å². The molecule has 7 nitrogen and oxygen atoms in total. The molecular weight excluding hydrogens is 623 g/mol. The van der Waals surface area contributed by atoms with Crippen molar-refractivity contribution in [2.24, 2.45) is 5.92 Å². The summed E-state index contributed by atoms with van der Waals surface area (Å²) >= 11 is 3.34. The largest absolute Gasteiger partial charge is 0.497 e. The number of ether oxygens (including phenoxy) is 1. The van der Waals surface area contributed by atoms with Crippen molar-refractivity contribution in [3.63, 3.8) is 0 Å². The number of methoxy groups -OCH3 is 1. The lowest BCUT2D eigenvalue weighted by molar-refractivity contribution is -0.137. The molecular formula is C32H35BrF3N5O2. The molecule has 11 heteroatoms. The maximum Gasteiger partial charge on any atom is 0.416 e. The Morgan fingerprint density at radius 2 is 1.77 bits per heavy atom. The van der Waals surface area contributed by atoms with Gasteiger partial charge in [-0.05, 0) is 77.2 Å². The maximum atomic E-state index is 14.5. The number of carbonyl (C=O) groups is 1. The fourth-order valence-corrected chi connectivity index (χ4v) is 6.43. The molecule has 2 N–H and O–H groups in total. The number of hydrogen-bond donors (Lipinski definition) is 2. The fraction of sp³-hybridized carbons (Fsp3) is 0.344. The third-order valence-electron chi connectivity index (χ3n) is 8.06. The number of nitrogens with zero attached hydrogens (tertiary/aromatic N) is 3. The van der Waals surface area contributed by atoms with Crippen molar-refractivity contribution >= 4 is 27.5 Å². The number of carbonyl (C=O) groups excluding carboxylic acids is 1. The second-order valence-corrected chi connectivity index (χ2v) is 11.9. The van der Waals surface area contributed by atoms with E-state index in [1.807, 2.05) is 60.7 Å². The first-order chi connectivity index (χ1) is 20.5. The van der Waals surface area contributed by atoms with Crippen LogP contribution in [0.4, 0.5) is 18.9 Å². The average Bonchev–Trinajstić information content (AvgIpc) is 3.43. The Balaban J connectivity index is 1.48. The summed E-state index contributed by atoms with van der Waals surface area (Å²) in [6.07, 6.45) is -1.36. The lowest BCUT2D eigenvalue weighted by Gasteiger charge is -2.45. The first kappa shape index (κ1) is 30.9. The van der Waals surface area contributed by atoms with Gasteiger partial charge in [0, 0.05) is 36.2 Å². The number of likely N-dealkylation sites (tertiary alicyclic amines) is 1. The molecule has 2 heterocycles. The standard InChI is InChI=1S/C32H35BrF3N5O2/c1-21-15-24(16-30(28-20-39(2)38-37-28)40(21)18-22-7-5-4-6-8-22)31(42)41(19-23-9-12-26(43-3)13-10-23)29-14-11-25(17-27(29)33)32(34,35)36/h4-14,17,20-21,24,30,37-38H,15-16,18-19H2,1-3H3/t21-,24+,30-/m0/s1. The number of hydrazine groups is 2. The van der Waals surface area contributed by atoms with Gasteiger partial charge in [0.2, 0.25) is 5.91 Å². The minimum Gasteiger partial charge on any atom is -0.497 e. The Kier molecular flexibility index (Phi) is 9.33. The van der Waals surface area contributed by atoms with Gasteiger partial charge >= 0.3 is 6.18 Å². The van der Waals surface area contributed by atoms with Crippen molar-refractivity contribution in [1.82, 2.24) is 20.9 Å². The predicted molar refractivity (Wildman–Crippen MR) is 163 cm³/mol. The SMILES string of the molecule is COc1ccc(CN(C(=O)[C@@H]2C[C@H](C)N(Cc3ccccc3)[C@H](C3=CN(C)NN3)C2)c2ccc(C(F)(F)F)cc2Br)cc1. The number of amides is 1. The molecule has 0 radical (unpaired) electrons. The van der Waals surface area contributed by atoms with E-state index in [4.69, 9.17) is 4.74 Å². The molecule has 2 aliphatic rings. The highest BCUT2D eigenvalue weighted by Gasteiger charge is 2.41. The van der Waals surface area contributed by atoms with Crippen molar-refractivity contribution in [1.29, 1.82) is 0 Å². The highest BCUT2D eigenvalue weighted by Crippen LogP contribution is 2.39. The molecule has 0 aromatic heterocycles. The van der Waals surface area contributed by atoms with E-state index >= 15 is 0 Å². The van der Waals surface area contributed by atoms with Gasteiger partial charge in [0.1, 0.15) is 5.75 Å². The second kappa shape index (κ2) is 13.0. The Labute approximate surface area is 258 Å². The van der Waals surface area contributed by atoms with Crippen molar-refractivity contribution < 1.29 is 22.7 Å². The quantitative estimate of drug-likeness (QED) is 0.289. The lowest BCUT2D eigenvalue weighted by atomic mass is 9.83. The van der Waals surface area contributed by atoms with Gasteiger partial charge < -0.3 is 15.1 Å². The number of alkyl halides is 3. The van der Waals surface area contributed by atoms with Gasteiger partial charge in [0.05, 0.1) is 36.6 Å².